The van der Waals surface area contributed by atoms with Gasteiger partial charge in [0, 0.05) is 17.1 Å². The van der Waals surface area contributed by atoms with Crippen molar-refractivity contribution in [2.45, 2.75) is 32.7 Å². The van der Waals surface area contributed by atoms with Crippen LogP contribution in [-0.4, -0.2) is 25.0 Å². The largest absolute Gasteiger partial charge is 0.350 e. The minimum atomic E-state index is -1.03. The molecule has 1 aromatic rings. The molecule has 21 heavy (non-hydrogen) atoms. The third-order valence-electron chi connectivity index (χ3n) is 4.05. The average molecular weight is 361 g/mol. The standard InChI is InChI=1S/C15H19BrF2N2O/c1-15(2)4-3-5-19-13(15)8-20-14(21)9-6-11(17)12(18)7-10(9)16/h6-7,13,19H,3-5,8H2,1-2H3,(H,20,21). The second kappa shape index (κ2) is 6.40. The van der Waals surface area contributed by atoms with Crippen molar-refractivity contribution in [1.82, 2.24) is 10.6 Å². The number of rotatable bonds is 3. The summed E-state index contributed by atoms with van der Waals surface area (Å²) in [7, 11) is 0. The van der Waals surface area contributed by atoms with E-state index in [1.165, 1.54) is 0 Å². The number of amides is 1. The fraction of sp³-hybridized carbons (Fsp3) is 0.533. The Morgan fingerprint density at radius 2 is 2.10 bits per heavy atom. The van der Waals surface area contributed by atoms with Crippen LogP contribution in [0.5, 0.6) is 0 Å². The molecule has 3 nitrogen and oxygen atoms in total. The van der Waals surface area contributed by atoms with Gasteiger partial charge < -0.3 is 10.6 Å². The van der Waals surface area contributed by atoms with Crippen molar-refractivity contribution in [3.63, 3.8) is 0 Å². The Kier molecular flexibility index (Phi) is 4.99. The second-order valence-electron chi connectivity index (χ2n) is 6.06. The minimum absolute atomic E-state index is 0.0941. The molecule has 1 heterocycles. The third-order valence-corrected chi connectivity index (χ3v) is 4.71. The normalized spacial score (nSPS) is 21.1. The predicted molar refractivity (Wildman–Crippen MR) is 81.2 cm³/mol. The molecule has 0 spiro atoms. The van der Waals surface area contributed by atoms with Gasteiger partial charge in [-0.05, 0) is 52.9 Å². The highest BCUT2D eigenvalue weighted by Gasteiger charge is 2.32. The smallest absolute Gasteiger partial charge is 0.252 e. The van der Waals surface area contributed by atoms with Crippen LogP contribution < -0.4 is 10.6 Å². The fourth-order valence-electron chi connectivity index (χ4n) is 2.61. The van der Waals surface area contributed by atoms with E-state index >= 15 is 0 Å². The maximum absolute atomic E-state index is 13.2. The summed E-state index contributed by atoms with van der Waals surface area (Å²) in [5, 5.41) is 6.18. The molecule has 0 saturated carbocycles. The SMILES string of the molecule is CC1(C)CCCNC1CNC(=O)c1cc(F)c(F)cc1Br. The van der Waals surface area contributed by atoms with Crippen LogP contribution in [0.2, 0.25) is 0 Å². The molecular weight excluding hydrogens is 342 g/mol. The van der Waals surface area contributed by atoms with Crippen molar-refractivity contribution in [1.29, 1.82) is 0 Å². The van der Waals surface area contributed by atoms with E-state index in [4.69, 9.17) is 0 Å². The van der Waals surface area contributed by atoms with Crippen LogP contribution >= 0.6 is 15.9 Å². The summed E-state index contributed by atoms with van der Waals surface area (Å²) in [5.41, 5.74) is 0.194. The van der Waals surface area contributed by atoms with E-state index in [1.807, 2.05) is 0 Å². The molecule has 0 bridgehead atoms. The van der Waals surface area contributed by atoms with E-state index in [9.17, 15) is 13.6 Å². The van der Waals surface area contributed by atoms with Crippen molar-refractivity contribution >= 4 is 21.8 Å². The van der Waals surface area contributed by atoms with Gasteiger partial charge in [0.15, 0.2) is 11.6 Å². The highest BCUT2D eigenvalue weighted by molar-refractivity contribution is 9.10. The van der Waals surface area contributed by atoms with Gasteiger partial charge in [0.25, 0.3) is 5.91 Å². The molecule has 2 N–H and O–H groups in total. The van der Waals surface area contributed by atoms with Crippen LogP contribution in [0.1, 0.15) is 37.0 Å². The number of carbonyl (C=O) groups is 1. The Bertz CT molecular complexity index is 549. The van der Waals surface area contributed by atoms with Crippen molar-refractivity contribution in [3.8, 4) is 0 Å². The first-order chi connectivity index (χ1) is 9.81. The lowest BCUT2D eigenvalue weighted by molar-refractivity contribution is 0.0927. The minimum Gasteiger partial charge on any atom is -0.350 e. The first kappa shape index (κ1) is 16.4. The van der Waals surface area contributed by atoms with Crippen molar-refractivity contribution < 1.29 is 13.6 Å². The molecule has 1 fully saturated rings. The predicted octanol–water partition coefficient (Wildman–Crippen LogP) is 3.24. The van der Waals surface area contributed by atoms with Gasteiger partial charge in [0.1, 0.15) is 0 Å². The maximum Gasteiger partial charge on any atom is 0.252 e. The summed E-state index contributed by atoms with van der Waals surface area (Å²) in [6, 6.07) is 2.04. The Labute approximate surface area is 131 Å². The first-order valence-corrected chi connectivity index (χ1v) is 7.77. The van der Waals surface area contributed by atoms with Crippen LogP contribution in [0.15, 0.2) is 16.6 Å². The van der Waals surface area contributed by atoms with E-state index in [0.29, 0.717) is 6.54 Å². The summed E-state index contributed by atoms with van der Waals surface area (Å²) in [4.78, 5) is 12.1. The van der Waals surface area contributed by atoms with Crippen LogP contribution in [-0.2, 0) is 0 Å². The Morgan fingerprint density at radius 1 is 1.43 bits per heavy atom. The number of carbonyl (C=O) groups excluding carboxylic acids is 1. The summed E-state index contributed by atoms with van der Waals surface area (Å²) in [5.74, 6) is -2.42. The quantitative estimate of drug-likeness (QED) is 0.812. The lowest BCUT2D eigenvalue weighted by Gasteiger charge is -2.39. The van der Waals surface area contributed by atoms with E-state index in [2.05, 4.69) is 40.4 Å². The van der Waals surface area contributed by atoms with Gasteiger partial charge in [0.05, 0.1) is 5.56 Å². The zero-order chi connectivity index (χ0) is 15.6. The van der Waals surface area contributed by atoms with Gasteiger partial charge in [-0.2, -0.15) is 0 Å². The highest BCUT2D eigenvalue weighted by atomic mass is 79.9. The van der Waals surface area contributed by atoms with Crippen LogP contribution in [0.3, 0.4) is 0 Å². The molecule has 1 aliphatic heterocycles. The van der Waals surface area contributed by atoms with Crippen molar-refractivity contribution in [2.24, 2.45) is 5.41 Å². The zero-order valence-electron chi connectivity index (χ0n) is 12.1. The van der Waals surface area contributed by atoms with Crippen LogP contribution in [0.25, 0.3) is 0 Å². The van der Waals surface area contributed by atoms with Crippen LogP contribution in [0, 0.1) is 17.0 Å². The van der Waals surface area contributed by atoms with Gasteiger partial charge in [-0.3, -0.25) is 4.79 Å². The summed E-state index contributed by atoms with van der Waals surface area (Å²) < 4.78 is 26.5. The van der Waals surface area contributed by atoms with E-state index < -0.39 is 17.5 Å². The molecule has 1 amide bonds. The van der Waals surface area contributed by atoms with Gasteiger partial charge in [-0.1, -0.05) is 13.8 Å². The van der Waals surface area contributed by atoms with Crippen molar-refractivity contribution in [3.05, 3.63) is 33.8 Å². The summed E-state index contributed by atoms with van der Waals surface area (Å²) in [6.07, 6.45) is 2.21. The van der Waals surface area contributed by atoms with Crippen molar-refractivity contribution in [2.75, 3.05) is 13.1 Å². The summed E-state index contributed by atoms with van der Waals surface area (Å²) in [6.45, 7) is 5.70. The highest BCUT2D eigenvalue weighted by Crippen LogP contribution is 2.29. The van der Waals surface area contributed by atoms with Gasteiger partial charge in [-0.25, -0.2) is 8.78 Å². The third kappa shape index (κ3) is 3.80. The summed E-state index contributed by atoms with van der Waals surface area (Å²) >= 11 is 3.09. The molecule has 0 aliphatic carbocycles. The molecular formula is C15H19BrF2N2O. The lowest BCUT2D eigenvalue weighted by atomic mass is 9.77. The van der Waals surface area contributed by atoms with Gasteiger partial charge >= 0.3 is 0 Å². The molecule has 0 aromatic heterocycles. The second-order valence-corrected chi connectivity index (χ2v) is 6.91. The Balaban J connectivity index is 2.03. The van der Waals surface area contributed by atoms with Gasteiger partial charge in [0.2, 0.25) is 0 Å². The number of nitrogens with one attached hydrogen (secondary N) is 2. The molecule has 1 saturated heterocycles. The lowest BCUT2D eigenvalue weighted by Crippen LogP contribution is -2.52. The Morgan fingerprint density at radius 3 is 2.76 bits per heavy atom. The number of hydrogen-bond acceptors (Lipinski definition) is 2. The monoisotopic (exact) mass is 360 g/mol. The number of hydrogen-bond donors (Lipinski definition) is 2. The fourth-order valence-corrected chi connectivity index (χ4v) is 3.10. The number of halogens is 3. The molecule has 116 valence electrons. The molecule has 6 heteroatoms. The topological polar surface area (TPSA) is 41.1 Å². The molecule has 1 atom stereocenters. The molecule has 0 radical (unpaired) electrons. The zero-order valence-corrected chi connectivity index (χ0v) is 13.7. The number of benzene rings is 1. The van der Waals surface area contributed by atoms with Crippen LogP contribution in [0.4, 0.5) is 8.78 Å². The first-order valence-electron chi connectivity index (χ1n) is 6.97. The van der Waals surface area contributed by atoms with Gasteiger partial charge in [-0.15, -0.1) is 0 Å². The van der Waals surface area contributed by atoms with E-state index in [1.54, 1.807) is 0 Å². The van der Waals surface area contributed by atoms with E-state index in [0.717, 1.165) is 31.5 Å². The molecule has 1 unspecified atom stereocenters. The average Bonchev–Trinajstić information content (AvgIpc) is 2.41. The molecule has 1 aromatic carbocycles. The maximum atomic E-state index is 13.2. The molecule has 1 aliphatic rings. The Hall–Kier alpha value is -1.01. The van der Waals surface area contributed by atoms with E-state index in [-0.39, 0.29) is 21.5 Å². The number of piperidine rings is 1. The molecule has 2 rings (SSSR count).